The van der Waals surface area contributed by atoms with Crippen molar-refractivity contribution >= 4 is 47.1 Å². The minimum Gasteiger partial charge on any atom is -0.464 e. The molecule has 1 aromatic heterocycles. The first-order chi connectivity index (χ1) is 22.8. The summed E-state index contributed by atoms with van der Waals surface area (Å²) in [6.45, 7) is 7.19. The monoisotopic (exact) mass is 669 g/mol. The van der Waals surface area contributed by atoms with Gasteiger partial charge in [-0.15, -0.1) is 0 Å². The molecule has 1 aromatic carbocycles. The number of benzene rings is 1. The van der Waals surface area contributed by atoms with E-state index in [0.29, 0.717) is 30.3 Å². The summed E-state index contributed by atoms with van der Waals surface area (Å²) in [5.74, 6) is -1.72. The van der Waals surface area contributed by atoms with E-state index in [4.69, 9.17) is 20.9 Å². The third-order valence-electron chi connectivity index (χ3n) is 8.13. The maximum absolute atomic E-state index is 14.0. The van der Waals surface area contributed by atoms with Crippen LogP contribution in [-0.4, -0.2) is 77.7 Å². The minimum atomic E-state index is -1.19. The summed E-state index contributed by atoms with van der Waals surface area (Å²) in [7, 11) is 0. The highest BCUT2D eigenvalue weighted by molar-refractivity contribution is 5.94. The average molecular weight is 670 g/mol. The number of hydrogen-bond donors (Lipinski definition) is 5. The maximum atomic E-state index is 14.0. The lowest BCUT2D eigenvalue weighted by Crippen LogP contribution is -2.57. The lowest BCUT2D eigenvalue weighted by atomic mass is 9.84. The Bertz CT molecular complexity index is 1440. The Balaban J connectivity index is 1.93. The van der Waals surface area contributed by atoms with Crippen molar-refractivity contribution in [2.45, 2.75) is 109 Å². The minimum absolute atomic E-state index is 0.00887. The van der Waals surface area contributed by atoms with Crippen molar-refractivity contribution in [1.29, 1.82) is 0 Å². The number of rotatable bonds is 16. The third kappa shape index (κ3) is 11.9. The normalized spacial score (nSPS) is 15.4. The summed E-state index contributed by atoms with van der Waals surface area (Å²) in [5, 5.41) is 9.05. The van der Waals surface area contributed by atoms with Gasteiger partial charge < -0.3 is 36.9 Å². The summed E-state index contributed by atoms with van der Waals surface area (Å²) in [6, 6.07) is 4.00. The number of guanidine groups is 1. The van der Waals surface area contributed by atoms with Crippen molar-refractivity contribution in [1.82, 2.24) is 20.5 Å². The maximum Gasteiger partial charge on any atom is 0.408 e. The second-order valence-corrected chi connectivity index (χ2v) is 13.2. The van der Waals surface area contributed by atoms with E-state index in [9.17, 15) is 24.0 Å². The number of esters is 1. The summed E-state index contributed by atoms with van der Waals surface area (Å²) >= 11 is 0. The first kappa shape index (κ1) is 37.8. The van der Waals surface area contributed by atoms with Crippen LogP contribution in [0.1, 0.15) is 84.6 Å². The van der Waals surface area contributed by atoms with Gasteiger partial charge in [0, 0.05) is 24.5 Å². The number of nitrogens with one attached hydrogen (secondary N) is 3. The van der Waals surface area contributed by atoms with Gasteiger partial charge in [-0.2, -0.15) is 0 Å². The zero-order valence-electron chi connectivity index (χ0n) is 28.5. The van der Waals surface area contributed by atoms with Crippen LogP contribution >= 0.6 is 0 Å². The molecule has 0 spiro atoms. The highest BCUT2D eigenvalue weighted by atomic mass is 16.6. The molecule has 3 atom stereocenters. The van der Waals surface area contributed by atoms with Gasteiger partial charge in [0.05, 0.1) is 12.1 Å². The quantitative estimate of drug-likeness (QED) is 0.0584. The van der Waals surface area contributed by atoms with Gasteiger partial charge >= 0.3 is 12.1 Å². The first-order valence-corrected chi connectivity index (χ1v) is 16.7. The molecule has 1 aliphatic rings. The molecule has 3 rings (SSSR count). The van der Waals surface area contributed by atoms with E-state index in [-0.39, 0.29) is 37.9 Å². The van der Waals surface area contributed by atoms with E-state index in [1.807, 2.05) is 12.1 Å². The summed E-state index contributed by atoms with van der Waals surface area (Å²) in [6.07, 6.45) is 7.50. The lowest BCUT2D eigenvalue weighted by Gasteiger charge is -2.29. The third-order valence-corrected chi connectivity index (χ3v) is 8.13. The highest BCUT2D eigenvalue weighted by Crippen LogP contribution is 2.28. The predicted octanol–water partition coefficient (Wildman–Crippen LogP) is 2.67. The number of hydrogen-bond acceptors (Lipinski definition) is 8. The van der Waals surface area contributed by atoms with Crippen molar-refractivity contribution in [2.75, 3.05) is 13.2 Å². The Kier molecular flexibility index (Phi) is 14.2. The van der Waals surface area contributed by atoms with Crippen molar-refractivity contribution < 1.29 is 33.4 Å². The van der Waals surface area contributed by atoms with Crippen LogP contribution in [0.4, 0.5) is 4.79 Å². The molecule has 14 heteroatoms. The Morgan fingerprint density at radius 1 is 1.00 bits per heavy atom. The summed E-state index contributed by atoms with van der Waals surface area (Å²) in [5.41, 5.74) is 11.3. The molecule has 0 radical (unpaired) electrons. The molecule has 1 aliphatic carbocycles. The van der Waals surface area contributed by atoms with Crippen molar-refractivity contribution in [3.8, 4) is 0 Å². The fourth-order valence-electron chi connectivity index (χ4n) is 5.93. The highest BCUT2D eigenvalue weighted by Gasteiger charge is 2.33. The van der Waals surface area contributed by atoms with Crippen LogP contribution in [0, 0.1) is 5.92 Å². The standard InChI is InChI=1S/C34H51N7O7/c1-5-47-31(45)25(15-11-17-37-32(35)36)38-30(44)27(19-23-20-41(21-42)28-16-10-9-14-24(23)28)39-29(43)26(18-22-12-7-6-8-13-22)40-33(46)48-34(2,3)4/h9-10,14,16,20-22,25-27H,5-8,11-13,15,17-19H2,1-4H3,(H,38,44)(H,39,43)(H,40,46)(H4,35,36,37)/t25-,26+,27-/m0/s1. The average Bonchev–Trinajstić information content (AvgIpc) is 3.38. The van der Waals surface area contributed by atoms with Gasteiger partial charge in [0.2, 0.25) is 18.2 Å². The second kappa shape index (κ2) is 18.1. The number of aromatic nitrogens is 1. The number of para-hydroxylation sites is 1. The number of carbonyl (C=O) groups excluding carboxylic acids is 5. The predicted molar refractivity (Wildman–Crippen MR) is 183 cm³/mol. The molecule has 14 nitrogen and oxygen atoms in total. The Labute approximate surface area is 281 Å². The number of alkyl carbamates (subject to hydrolysis) is 1. The molecule has 3 amide bonds. The number of nitrogens with two attached hydrogens (primary N) is 2. The summed E-state index contributed by atoms with van der Waals surface area (Å²) < 4.78 is 12.1. The Hall–Kier alpha value is -4.62. The zero-order valence-corrected chi connectivity index (χ0v) is 28.5. The van der Waals surface area contributed by atoms with E-state index in [2.05, 4.69) is 20.9 Å². The summed E-state index contributed by atoms with van der Waals surface area (Å²) in [4.78, 5) is 69.5. The second-order valence-electron chi connectivity index (χ2n) is 13.2. The van der Waals surface area contributed by atoms with E-state index < -0.39 is 47.6 Å². The molecule has 0 aliphatic heterocycles. The number of nitrogens with zero attached hydrogens (tertiary/aromatic N) is 2. The van der Waals surface area contributed by atoms with Crippen LogP contribution in [-0.2, 0) is 35.1 Å². The first-order valence-electron chi connectivity index (χ1n) is 16.7. The lowest BCUT2D eigenvalue weighted by molar-refractivity contribution is -0.147. The van der Waals surface area contributed by atoms with Gasteiger partial charge in [-0.3, -0.25) is 23.9 Å². The number of ether oxygens (including phenoxy) is 2. The van der Waals surface area contributed by atoms with Crippen LogP contribution in [0.3, 0.4) is 0 Å². The van der Waals surface area contributed by atoms with Crippen molar-refractivity contribution in [3.63, 3.8) is 0 Å². The van der Waals surface area contributed by atoms with Crippen LogP contribution in [0.2, 0.25) is 0 Å². The number of amides is 3. The van der Waals surface area contributed by atoms with Gasteiger partial charge in [-0.1, -0.05) is 50.3 Å². The van der Waals surface area contributed by atoms with E-state index >= 15 is 0 Å². The van der Waals surface area contributed by atoms with E-state index in [1.165, 1.54) is 4.57 Å². The fraction of sp³-hybridized carbons (Fsp3) is 0.588. The molecule has 0 bridgehead atoms. The Morgan fingerprint density at radius 2 is 1.67 bits per heavy atom. The molecule has 2 aromatic rings. The van der Waals surface area contributed by atoms with Gasteiger partial charge in [-0.25, -0.2) is 9.59 Å². The van der Waals surface area contributed by atoms with Gasteiger partial charge in [0.15, 0.2) is 5.96 Å². The van der Waals surface area contributed by atoms with E-state index in [0.717, 1.165) is 37.5 Å². The Morgan fingerprint density at radius 3 is 2.31 bits per heavy atom. The molecule has 1 saturated carbocycles. The molecule has 1 fully saturated rings. The van der Waals surface area contributed by atoms with E-state index in [1.54, 1.807) is 46.0 Å². The van der Waals surface area contributed by atoms with Crippen LogP contribution < -0.4 is 27.4 Å². The topological polar surface area (TPSA) is 209 Å². The van der Waals surface area contributed by atoms with Crippen molar-refractivity contribution in [2.24, 2.45) is 22.4 Å². The van der Waals surface area contributed by atoms with Gasteiger partial charge in [0.25, 0.3) is 0 Å². The molecule has 48 heavy (non-hydrogen) atoms. The van der Waals surface area contributed by atoms with Gasteiger partial charge in [0.1, 0.15) is 23.7 Å². The molecule has 264 valence electrons. The van der Waals surface area contributed by atoms with Crippen molar-refractivity contribution in [3.05, 3.63) is 36.0 Å². The number of aliphatic imine (C=N–C) groups is 1. The molecular weight excluding hydrogens is 618 g/mol. The number of carbonyl (C=O) groups is 5. The SMILES string of the molecule is CCOC(=O)[C@H](CCCN=C(N)N)NC(=O)[C@H](Cc1cn(C=O)c2ccccc12)NC(=O)[C@@H](CC1CCCCC1)NC(=O)OC(C)(C)C. The van der Waals surface area contributed by atoms with Gasteiger partial charge in [-0.05, 0) is 64.5 Å². The zero-order chi connectivity index (χ0) is 35.3. The fourth-order valence-corrected chi connectivity index (χ4v) is 5.93. The number of fused-ring (bicyclic) bond motifs is 1. The largest absolute Gasteiger partial charge is 0.464 e. The molecule has 0 saturated heterocycles. The molecule has 0 unspecified atom stereocenters. The molecule has 7 N–H and O–H groups in total. The smallest absolute Gasteiger partial charge is 0.408 e. The van der Waals surface area contributed by atoms with Crippen LogP contribution in [0.15, 0.2) is 35.5 Å². The molecule has 1 heterocycles. The van der Waals surface area contributed by atoms with Crippen LogP contribution in [0.5, 0.6) is 0 Å². The molecular formula is C34H51N7O7. The van der Waals surface area contributed by atoms with Crippen LogP contribution in [0.25, 0.3) is 10.9 Å².